The molecule has 234 valence electrons. The minimum absolute atomic E-state index is 0.0714. The van der Waals surface area contributed by atoms with Crippen LogP contribution in [0.1, 0.15) is 11.7 Å². The summed E-state index contributed by atoms with van der Waals surface area (Å²) in [5.41, 5.74) is -0.561. The Morgan fingerprint density at radius 3 is 2.00 bits per heavy atom. The van der Waals surface area contributed by atoms with E-state index in [2.05, 4.69) is 0 Å². The normalized spacial score (nSPS) is 33.0. The average molecular weight is 609 g/mol. The molecule has 2 aliphatic rings. The van der Waals surface area contributed by atoms with Gasteiger partial charge in [0.2, 0.25) is 6.29 Å². The highest BCUT2D eigenvalue weighted by atomic mass is 16.7. The van der Waals surface area contributed by atoms with Gasteiger partial charge < -0.3 is 69.3 Å². The van der Waals surface area contributed by atoms with Crippen LogP contribution in [-0.2, 0) is 9.47 Å². The number of hydrogen-bond donors (Lipinski definition) is 9. The molecule has 5 rings (SSSR count). The molecule has 15 nitrogen and oxygen atoms in total. The maximum atomic E-state index is 13.2. The lowest BCUT2D eigenvalue weighted by atomic mass is 9.89. The summed E-state index contributed by atoms with van der Waals surface area (Å²) < 4.78 is 27.7. The van der Waals surface area contributed by atoms with Gasteiger partial charge in [-0.25, -0.2) is 0 Å². The summed E-state index contributed by atoms with van der Waals surface area (Å²) in [5, 5.41) is 90.8. The monoisotopic (exact) mass is 608 g/mol. The highest BCUT2D eigenvalue weighted by Crippen LogP contribution is 2.45. The Morgan fingerprint density at radius 1 is 0.791 bits per heavy atom. The van der Waals surface area contributed by atoms with Crippen molar-refractivity contribution in [1.29, 1.82) is 0 Å². The van der Waals surface area contributed by atoms with Gasteiger partial charge in [0, 0.05) is 17.7 Å². The lowest BCUT2D eigenvalue weighted by molar-refractivity contribution is -0.277. The van der Waals surface area contributed by atoms with E-state index in [4.69, 9.17) is 23.4 Å². The van der Waals surface area contributed by atoms with Gasteiger partial charge in [0.05, 0.1) is 25.9 Å². The van der Waals surface area contributed by atoms with Crippen LogP contribution in [0.5, 0.6) is 17.2 Å². The molecule has 1 aromatic heterocycles. The van der Waals surface area contributed by atoms with E-state index in [0.29, 0.717) is 5.56 Å². The highest BCUT2D eigenvalue weighted by Gasteiger charge is 2.47. The summed E-state index contributed by atoms with van der Waals surface area (Å²) in [6.07, 6.45) is -15.2. The Hall–Kier alpha value is -3.35. The summed E-state index contributed by atoms with van der Waals surface area (Å²) in [5.74, 6) is -0.459. The lowest BCUT2D eigenvalue weighted by Gasteiger charge is -2.40. The maximum absolute atomic E-state index is 13.2. The van der Waals surface area contributed by atoms with E-state index in [1.54, 1.807) is 0 Å². The van der Waals surface area contributed by atoms with E-state index in [1.807, 2.05) is 0 Å². The molecule has 15 heteroatoms. The number of hydrogen-bond acceptors (Lipinski definition) is 15. The largest absolute Gasteiger partial charge is 0.506 e. The van der Waals surface area contributed by atoms with Crippen LogP contribution in [0.25, 0.3) is 22.3 Å². The number of fused-ring (bicyclic) bond motifs is 1. The maximum Gasteiger partial charge on any atom is 0.229 e. The number of aromatic hydroxyl groups is 1. The minimum Gasteiger partial charge on any atom is -0.506 e. The Bertz CT molecular complexity index is 1490. The fraction of sp³-hybridized carbons (Fsp3) is 0.464. The molecule has 2 fully saturated rings. The second-order valence-corrected chi connectivity index (χ2v) is 10.3. The van der Waals surface area contributed by atoms with Gasteiger partial charge in [-0.05, 0) is 24.3 Å². The smallest absolute Gasteiger partial charge is 0.229 e. The zero-order valence-corrected chi connectivity index (χ0v) is 22.6. The molecule has 0 radical (unpaired) electrons. The Labute approximate surface area is 242 Å². The number of phenolic OH excluding ortho intramolecular Hbond substituents is 1. The average Bonchev–Trinajstić information content (AvgIpc) is 3.00. The first kappa shape index (κ1) is 31.1. The van der Waals surface area contributed by atoms with Crippen molar-refractivity contribution < 1.29 is 69.3 Å². The van der Waals surface area contributed by atoms with Gasteiger partial charge in [0.15, 0.2) is 5.43 Å². The summed E-state index contributed by atoms with van der Waals surface area (Å²) in [6, 6.07) is 8.35. The molecule has 10 atom stereocenters. The first-order valence-electron chi connectivity index (χ1n) is 13.3. The Kier molecular flexibility index (Phi) is 8.92. The molecule has 0 saturated carbocycles. The molecule has 9 N–H and O–H groups in total. The Morgan fingerprint density at radius 2 is 1.40 bits per heavy atom. The van der Waals surface area contributed by atoms with Crippen molar-refractivity contribution in [1.82, 2.24) is 0 Å². The third-order valence-corrected chi connectivity index (χ3v) is 7.63. The van der Waals surface area contributed by atoms with E-state index in [9.17, 15) is 50.8 Å². The topological polar surface area (TPSA) is 249 Å². The quantitative estimate of drug-likeness (QED) is 0.139. The minimum atomic E-state index is -1.75. The number of rotatable bonds is 7. The van der Waals surface area contributed by atoms with Crippen molar-refractivity contribution >= 4 is 11.0 Å². The number of aliphatic hydroxyl groups excluding tert-OH is 8. The van der Waals surface area contributed by atoms with Gasteiger partial charge in [0.1, 0.15) is 88.9 Å². The van der Waals surface area contributed by atoms with Gasteiger partial charge in [-0.1, -0.05) is 0 Å². The second-order valence-electron chi connectivity index (χ2n) is 10.3. The summed E-state index contributed by atoms with van der Waals surface area (Å²) >= 11 is 0. The number of ether oxygens (including phenoxy) is 4. The van der Waals surface area contributed by atoms with Gasteiger partial charge in [0.25, 0.3) is 0 Å². The molecule has 3 heterocycles. The Balaban J connectivity index is 1.45. The number of methoxy groups -OCH3 is 1. The molecular weight excluding hydrogens is 576 g/mol. The predicted octanol–water partition coefficient (Wildman–Crippen LogP) is -2.13. The number of phenols is 1. The first-order chi connectivity index (χ1) is 20.5. The van der Waals surface area contributed by atoms with Crippen molar-refractivity contribution in [2.75, 3.05) is 20.3 Å². The van der Waals surface area contributed by atoms with Crippen molar-refractivity contribution in [2.45, 2.75) is 61.2 Å². The van der Waals surface area contributed by atoms with Gasteiger partial charge in [-0.3, -0.25) is 4.79 Å². The van der Waals surface area contributed by atoms with Crippen LogP contribution in [0.4, 0.5) is 0 Å². The molecule has 0 unspecified atom stereocenters. The van der Waals surface area contributed by atoms with Crippen LogP contribution >= 0.6 is 0 Å². The van der Waals surface area contributed by atoms with E-state index in [1.165, 1.54) is 37.4 Å². The summed E-state index contributed by atoms with van der Waals surface area (Å²) in [6.45, 7) is -1.31. The van der Waals surface area contributed by atoms with Gasteiger partial charge in [-0.2, -0.15) is 0 Å². The van der Waals surface area contributed by atoms with Crippen molar-refractivity contribution in [3.63, 3.8) is 0 Å². The van der Waals surface area contributed by atoms with E-state index in [0.717, 1.165) is 6.07 Å². The molecule has 0 spiro atoms. The van der Waals surface area contributed by atoms with E-state index < -0.39 is 85.6 Å². The molecule has 43 heavy (non-hydrogen) atoms. The van der Waals surface area contributed by atoms with Crippen LogP contribution in [0.2, 0.25) is 0 Å². The predicted molar refractivity (Wildman–Crippen MR) is 143 cm³/mol. The highest BCUT2D eigenvalue weighted by molar-refractivity contribution is 5.88. The molecule has 2 aromatic carbocycles. The van der Waals surface area contributed by atoms with Crippen molar-refractivity contribution in [3.05, 3.63) is 52.2 Å². The standard InChI is InChI=1S/C28H32O15/c1-39-14-7-15-18(22(34)19(14)27-25(37)23(35)20(32)16(8-29)42-27)12(31)6-13(41-15)10-2-4-11(5-3-10)40-28-26(38)24(36)21(33)17(9-30)43-28/h2-7,16-17,20-21,23-30,32-38H,8-9H2,1H3/t16-,17-,20-,21-,23+,24+,25-,26-,27-,28+/m1/s1. The number of benzene rings is 2. The van der Waals surface area contributed by atoms with Crippen LogP contribution in [0.15, 0.2) is 45.6 Å². The molecule has 0 bridgehead atoms. The summed E-state index contributed by atoms with van der Waals surface area (Å²) in [7, 11) is 1.25. The fourth-order valence-electron chi connectivity index (χ4n) is 5.22. The van der Waals surface area contributed by atoms with Crippen LogP contribution < -0.4 is 14.9 Å². The van der Waals surface area contributed by atoms with Crippen LogP contribution in [0, 0.1) is 0 Å². The number of aliphatic hydroxyl groups is 8. The van der Waals surface area contributed by atoms with Crippen molar-refractivity contribution in [3.8, 4) is 28.6 Å². The summed E-state index contributed by atoms with van der Waals surface area (Å²) in [4.78, 5) is 13.2. The third kappa shape index (κ3) is 5.56. The molecular formula is C28H32O15. The second kappa shape index (κ2) is 12.3. The molecule has 0 aliphatic carbocycles. The molecule has 2 aliphatic heterocycles. The lowest BCUT2D eigenvalue weighted by Crippen LogP contribution is -2.60. The molecule has 0 amide bonds. The molecule has 3 aromatic rings. The third-order valence-electron chi connectivity index (χ3n) is 7.63. The SMILES string of the molecule is COc1cc2oc(-c3ccc(O[C@H]4O[C@H](CO)[C@@H](O)[C@H](O)[C@H]4O)cc3)cc(=O)c2c(O)c1[C@H]1O[C@H](CO)[C@@H](O)[C@H](O)[C@H]1O. The van der Waals surface area contributed by atoms with E-state index in [-0.39, 0.29) is 33.8 Å². The zero-order chi connectivity index (χ0) is 31.2. The fourth-order valence-corrected chi connectivity index (χ4v) is 5.22. The van der Waals surface area contributed by atoms with Gasteiger partial charge in [-0.15, -0.1) is 0 Å². The van der Waals surface area contributed by atoms with Crippen LogP contribution in [0.3, 0.4) is 0 Å². The van der Waals surface area contributed by atoms with Gasteiger partial charge >= 0.3 is 0 Å². The van der Waals surface area contributed by atoms with Crippen LogP contribution in [-0.4, -0.2) is 121 Å². The van der Waals surface area contributed by atoms with E-state index >= 15 is 0 Å². The van der Waals surface area contributed by atoms with Crippen molar-refractivity contribution in [2.24, 2.45) is 0 Å². The first-order valence-corrected chi connectivity index (χ1v) is 13.3. The zero-order valence-electron chi connectivity index (χ0n) is 22.6. The molecule has 2 saturated heterocycles.